The second kappa shape index (κ2) is 3.10. The minimum Gasteiger partial charge on any atom is -0.382 e. The van der Waals surface area contributed by atoms with Gasteiger partial charge in [-0.15, -0.1) is 0 Å². The Hall–Kier alpha value is -1.49. The van der Waals surface area contributed by atoms with Crippen molar-refractivity contribution in [3.05, 3.63) is 29.3 Å². The predicted molar refractivity (Wildman–Crippen MR) is 52.6 cm³/mol. The van der Waals surface area contributed by atoms with Gasteiger partial charge >= 0.3 is 0 Å². The van der Waals surface area contributed by atoms with Gasteiger partial charge in [-0.3, -0.25) is 0 Å². The van der Waals surface area contributed by atoms with E-state index in [2.05, 4.69) is 18.3 Å². The van der Waals surface area contributed by atoms with Crippen molar-refractivity contribution in [3.8, 4) is 6.07 Å². The van der Waals surface area contributed by atoms with Gasteiger partial charge < -0.3 is 5.32 Å². The van der Waals surface area contributed by atoms with E-state index in [1.807, 2.05) is 18.2 Å². The van der Waals surface area contributed by atoms with Crippen LogP contribution in [0.25, 0.3) is 0 Å². The number of nitrogens with zero attached hydrogens (tertiary/aromatic N) is 1. The molecule has 0 aromatic heterocycles. The molecule has 1 heterocycles. The lowest BCUT2D eigenvalue weighted by atomic mass is 9.95. The second-order valence-corrected chi connectivity index (χ2v) is 3.53. The Labute approximate surface area is 78.2 Å². The number of hydrogen-bond donors (Lipinski definition) is 1. The number of nitrogens with one attached hydrogen (secondary N) is 1. The minimum absolute atomic E-state index is 0.529. The van der Waals surface area contributed by atoms with Crippen molar-refractivity contribution in [2.45, 2.75) is 25.8 Å². The van der Waals surface area contributed by atoms with Crippen molar-refractivity contribution >= 4 is 5.69 Å². The molecular weight excluding hydrogens is 160 g/mol. The van der Waals surface area contributed by atoms with Gasteiger partial charge in [-0.25, -0.2) is 0 Å². The van der Waals surface area contributed by atoms with E-state index >= 15 is 0 Å². The Morgan fingerprint density at radius 2 is 2.38 bits per heavy atom. The largest absolute Gasteiger partial charge is 0.382 e. The SMILES string of the molecule is CC1CCc2c(C#N)cccc2N1. The fraction of sp³-hybridized carbons (Fsp3) is 0.364. The summed E-state index contributed by atoms with van der Waals surface area (Å²) in [6.45, 7) is 2.17. The standard InChI is InChI=1S/C11H12N2/c1-8-5-6-10-9(7-12)3-2-4-11(10)13-8/h2-4,8,13H,5-6H2,1H3. The maximum Gasteiger partial charge on any atom is 0.0995 e. The van der Waals surface area contributed by atoms with E-state index in [4.69, 9.17) is 5.26 Å². The highest BCUT2D eigenvalue weighted by molar-refractivity contribution is 5.60. The van der Waals surface area contributed by atoms with Crippen LogP contribution in [0.2, 0.25) is 0 Å². The average Bonchev–Trinajstić information content (AvgIpc) is 2.16. The quantitative estimate of drug-likeness (QED) is 0.651. The molecule has 0 amide bonds. The van der Waals surface area contributed by atoms with E-state index in [0.717, 1.165) is 24.1 Å². The van der Waals surface area contributed by atoms with Crippen LogP contribution in [0.5, 0.6) is 0 Å². The summed E-state index contributed by atoms with van der Waals surface area (Å²) < 4.78 is 0. The van der Waals surface area contributed by atoms with Crippen LogP contribution in [0.15, 0.2) is 18.2 Å². The summed E-state index contributed by atoms with van der Waals surface area (Å²) in [7, 11) is 0. The van der Waals surface area contributed by atoms with Crippen LogP contribution in [0.3, 0.4) is 0 Å². The molecule has 2 nitrogen and oxygen atoms in total. The van der Waals surface area contributed by atoms with Crippen molar-refractivity contribution in [2.75, 3.05) is 5.32 Å². The molecule has 13 heavy (non-hydrogen) atoms. The van der Waals surface area contributed by atoms with Crippen LogP contribution in [0.1, 0.15) is 24.5 Å². The highest BCUT2D eigenvalue weighted by Gasteiger charge is 2.15. The molecule has 0 fully saturated rings. The molecule has 1 aromatic carbocycles. The zero-order valence-electron chi connectivity index (χ0n) is 7.67. The molecule has 0 radical (unpaired) electrons. The van der Waals surface area contributed by atoms with Crippen LogP contribution >= 0.6 is 0 Å². The Balaban J connectivity index is 2.47. The fourth-order valence-electron chi connectivity index (χ4n) is 1.79. The van der Waals surface area contributed by atoms with Gasteiger partial charge in [-0.1, -0.05) is 6.07 Å². The number of nitriles is 1. The third-order valence-electron chi connectivity index (χ3n) is 2.53. The normalized spacial score (nSPS) is 19.8. The number of benzene rings is 1. The summed E-state index contributed by atoms with van der Waals surface area (Å²) in [4.78, 5) is 0. The second-order valence-electron chi connectivity index (χ2n) is 3.53. The summed E-state index contributed by atoms with van der Waals surface area (Å²) in [5.74, 6) is 0. The van der Waals surface area contributed by atoms with Crippen molar-refractivity contribution in [3.63, 3.8) is 0 Å². The highest BCUT2D eigenvalue weighted by Crippen LogP contribution is 2.26. The van der Waals surface area contributed by atoms with Crippen molar-refractivity contribution in [1.29, 1.82) is 5.26 Å². The molecule has 2 heteroatoms. The maximum atomic E-state index is 8.88. The number of hydrogen-bond acceptors (Lipinski definition) is 2. The van der Waals surface area contributed by atoms with Gasteiger partial charge in [-0.2, -0.15) is 5.26 Å². The number of fused-ring (bicyclic) bond motifs is 1. The molecule has 2 rings (SSSR count). The third kappa shape index (κ3) is 1.38. The van der Waals surface area contributed by atoms with E-state index in [9.17, 15) is 0 Å². The highest BCUT2D eigenvalue weighted by atomic mass is 14.9. The molecule has 66 valence electrons. The molecule has 1 aliphatic heterocycles. The van der Waals surface area contributed by atoms with Gasteiger partial charge in [0.25, 0.3) is 0 Å². The molecular formula is C11H12N2. The Morgan fingerprint density at radius 3 is 3.15 bits per heavy atom. The first kappa shape index (κ1) is 8.12. The van der Waals surface area contributed by atoms with E-state index in [1.54, 1.807) is 0 Å². The van der Waals surface area contributed by atoms with E-state index < -0.39 is 0 Å². The molecule has 1 N–H and O–H groups in total. The van der Waals surface area contributed by atoms with Crippen LogP contribution in [-0.4, -0.2) is 6.04 Å². The monoisotopic (exact) mass is 172 g/mol. The topological polar surface area (TPSA) is 35.8 Å². The van der Waals surface area contributed by atoms with Gasteiger partial charge in [-0.05, 0) is 37.5 Å². The summed E-state index contributed by atoms with van der Waals surface area (Å²) in [5, 5.41) is 12.3. The predicted octanol–water partition coefficient (Wildman–Crippen LogP) is 2.30. The van der Waals surface area contributed by atoms with Crippen molar-refractivity contribution < 1.29 is 0 Å². The summed E-state index contributed by atoms with van der Waals surface area (Å²) in [6.07, 6.45) is 2.14. The van der Waals surface area contributed by atoms with E-state index in [1.165, 1.54) is 5.56 Å². The zero-order valence-corrected chi connectivity index (χ0v) is 7.67. The Morgan fingerprint density at radius 1 is 1.54 bits per heavy atom. The fourth-order valence-corrected chi connectivity index (χ4v) is 1.79. The summed E-state index contributed by atoms with van der Waals surface area (Å²) in [6, 6.07) is 8.62. The maximum absolute atomic E-state index is 8.88. The molecule has 0 bridgehead atoms. The summed E-state index contributed by atoms with van der Waals surface area (Å²) in [5.41, 5.74) is 3.14. The number of rotatable bonds is 0. The zero-order chi connectivity index (χ0) is 9.26. The number of anilines is 1. The van der Waals surface area contributed by atoms with Gasteiger partial charge in [0.15, 0.2) is 0 Å². The molecule has 0 saturated carbocycles. The van der Waals surface area contributed by atoms with Gasteiger partial charge in [0.05, 0.1) is 11.6 Å². The minimum atomic E-state index is 0.529. The van der Waals surface area contributed by atoms with Gasteiger partial charge in [0.1, 0.15) is 0 Å². The Kier molecular flexibility index (Phi) is 1.94. The Bertz CT molecular complexity index is 363. The first-order chi connectivity index (χ1) is 6.31. The van der Waals surface area contributed by atoms with Crippen LogP contribution in [0.4, 0.5) is 5.69 Å². The smallest absolute Gasteiger partial charge is 0.0995 e. The molecule has 1 atom stereocenters. The lowest BCUT2D eigenvalue weighted by Gasteiger charge is -2.24. The van der Waals surface area contributed by atoms with Crippen molar-refractivity contribution in [2.24, 2.45) is 0 Å². The first-order valence-electron chi connectivity index (χ1n) is 4.60. The first-order valence-corrected chi connectivity index (χ1v) is 4.60. The molecule has 1 aliphatic rings. The van der Waals surface area contributed by atoms with Gasteiger partial charge in [0, 0.05) is 11.7 Å². The van der Waals surface area contributed by atoms with E-state index in [0.29, 0.717) is 6.04 Å². The van der Waals surface area contributed by atoms with Crippen LogP contribution in [-0.2, 0) is 6.42 Å². The third-order valence-corrected chi connectivity index (χ3v) is 2.53. The molecule has 0 saturated heterocycles. The van der Waals surface area contributed by atoms with E-state index in [-0.39, 0.29) is 0 Å². The average molecular weight is 172 g/mol. The molecule has 0 spiro atoms. The molecule has 1 aromatic rings. The molecule has 0 aliphatic carbocycles. The van der Waals surface area contributed by atoms with Crippen LogP contribution < -0.4 is 5.32 Å². The van der Waals surface area contributed by atoms with Crippen LogP contribution in [0, 0.1) is 11.3 Å². The van der Waals surface area contributed by atoms with Gasteiger partial charge in [0.2, 0.25) is 0 Å². The van der Waals surface area contributed by atoms with Crippen molar-refractivity contribution in [1.82, 2.24) is 0 Å². The lowest BCUT2D eigenvalue weighted by Crippen LogP contribution is -2.22. The molecule has 1 unspecified atom stereocenters. The summed E-state index contributed by atoms with van der Waals surface area (Å²) >= 11 is 0. The lowest BCUT2D eigenvalue weighted by molar-refractivity contribution is 0.680.